The summed E-state index contributed by atoms with van der Waals surface area (Å²) in [5.41, 5.74) is 8.91. The second-order valence-corrected chi connectivity index (χ2v) is 11.1. The molecule has 0 aliphatic heterocycles. The van der Waals surface area contributed by atoms with Crippen LogP contribution in [0.4, 0.5) is 5.82 Å². The van der Waals surface area contributed by atoms with Gasteiger partial charge in [0.2, 0.25) is 21.3 Å². The van der Waals surface area contributed by atoms with Crippen molar-refractivity contribution in [1.29, 1.82) is 0 Å². The molecule has 3 heterocycles. The number of anilines is 1. The standard InChI is InChI=1S/C26H21BrN4O3S/c1-17-6-5-14-31-24(17)29-25-21(26(31)32)16-22(35(33,34)20-11-9-19(27)10-12-20)23(28)30(25)15-13-18-7-3-2-4-8-18/h2-12,14,16,28H,13,15H2,1H3/p+1. The maximum atomic E-state index is 13.6. The second kappa shape index (κ2) is 8.90. The Balaban J connectivity index is 1.81. The van der Waals surface area contributed by atoms with E-state index in [-0.39, 0.29) is 26.6 Å². The van der Waals surface area contributed by atoms with E-state index in [1.807, 2.05) is 43.3 Å². The maximum absolute atomic E-state index is 13.6. The third kappa shape index (κ3) is 4.11. The van der Waals surface area contributed by atoms with E-state index in [1.54, 1.807) is 29.0 Å². The Labute approximate surface area is 210 Å². The number of hydrogen-bond acceptors (Lipinski definition) is 5. The van der Waals surface area contributed by atoms with E-state index in [0.29, 0.717) is 24.3 Å². The smallest absolute Gasteiger partial charge is 0.278 e. The molecule has 0 aliphatic rings. The Morgan fingerprint density at radius 1 is 1.03 bits per heavy atom. The first-order chi connectivity index (χ1) is 16.8. The summed E-state index contributed by atoms with van der Waals surface area (Å²) in [6, 6.07) is 21.1. The van der Waals surface area contributed by atoms with Gasteiger partial charge in [0, 0.05) is 22.7 Å². The Morgan fingerprint density at radius 3 is 2.46 bits per heavy atom. The molecule has 5 rings (SSSR count). The summed E-state index contributed by atoms with van der Waals surface area (Å²) in [5.74, 6) is 0.0428. The van der Waals surface area contributed by atoms with E-state index in [4.69, 9.17) is 10.7 Å². The number of aromatic nitrogens is 3. The number of fused-ring (bicyclic) bond motifs is 2. The van der Waals surface area contributed by atoms with Crippen molar-refractivity contribution >= 4 is 48.3 Å². The largest absolute Gasteiger partial charge is 0.317 e. The molecule has 0 saturated heterocycles. The van der Waals surface area contributed by atoms with Crippen LogP contribution < -0.4 is 15.9 Å². The number of aryl methyl sites for hydroxylation is 3. The molecular weight excluding hydrogens is 528 g/mol. The fourth-order valence-electron chi connectivity index (χ4n) is 4.15. The third-order valence-electron chi connectivity index (χ3n) is 6.02. The maximum Gasteiger partial charge on any atom is 0.278 e. The van der Waals surface area contributed by atoms with Gasteiger partial charge < -0.3 is 5.73 Å². The molecule has 0 radical (unpaired) electrons. The van der Waals surface area contributed by atoms with E-state index >= 15 is 0 Å². The summed E-state index contributed by atoms with van der Waals surface area (Å²) in [6.07, 6.45) is 2.21. The highest BCUT2D eigenvalue weighted by molar-refractivity contribution is 9.10. The predicted octanol–water partition coefficient (Wildman–Crippen LogP) is 3.86. The van der Waals surface area contributed by atoms with Crippen molar-refractivity contribution in [2.24, 2.45) is 0 Å². The van der Waals surface area contributed by atoms with E-state index in [9.17, 15) is 13.2 Å². The van der Waals surface area contributed by atoms with Crippen molar-refractivity contribution in [2.75, 3.05) is 5.73 Å². The van der Waals surface area contributed by atoms with Gasteiger partial charge >= 0.3 is 0 Å². The lowest BCUT2D eigenvalue weighted by atomic mass is 10.1. The molecule has 0 amide bonds. The van der Waals surface area contributed by atoms with Crippen LogP contribution in [0, 0.1) is 6.92 Å². The normalized spacial score (nSPS) is 11.8. The summed E-state index contributed by atoms with van der Waals surface area (Å²) in [6.45, 7) is 2.22. The van der Waals surface area contributed by atoms with Gasteiger partial charge in [0.05, 0.1) is 11.4 Å². The molecule has 3 aromatic heterocycles. The Bertz CT molecular complexity index is 1750. The summed E-state index contributed by atoms with van der Waals surface area (Å²) >= 11 is 3.33. The average molecular weight is 550 g/mol. The Hall–Kier alpha value is -3.56. The molecule has 0 saturated carbocycles. The monoisotopic (exact) mass is 549 g/mol. The van der Waals surface area contributed by atoms with Crippen molar-refractivity contribution in [3.8, 4) is 0 Å². The number of benzene rings is 2. The lowest BCUT2D eigenvalue weighted by Gasteiger charge is -2.13. The van der Waals surface area contributed by atoms with Crippen molar-refractivity contribution in [2.45, 2.75) is 29.7 Å². The van der Waals surface area contributed by atoms with Crippen molar-refractivity contribution in [3.05, 3.63) is 105 Å². The SMILES string of the molecule is Cc1cccn2c(=O)c3cc(S(=O)(=O)c4ccc(Br)cc4)c(N)[n+](CCc4ccccc4)c3nc12. The van der Waals surface area contributed by atoms with Crippen molar-refractivity contribution in [3.63, 3.8) is 0 Å². The molecule has 35 heavy (non-hydrogen) atoms. The van der Waals surface area contributed by atoms with Gasteiger partial charge in [-0.2, -0.15) is 0 Å². The third-order valence-corrected chi connectivity index (χ3v) is 8.35. The van der Waals surface area contributed by atoms with Crippen LogP contribution in [0.2, 0.25) is 0 Å². The molecule has 0 unspecified atom stereocenters. The number of nitrogens with zero attached hydrogens (tertiary/aromatic N) is 3. The predicted molar refractivity (Wildman–Crippen MR) is 138 cm³/mol. The number of sulfone groups is 1. The molecule has 2 N–H and O–H groups in total. The first kappa shape index (κ1) is 23.2. The zero-order chi connectivity index (χ0) is 24.7. The minimum atomic E-state index is -4.00. The molecule has 5 aromatic rings. The Morgan fingerprint density at radius 2 is 1.74 bits per heavy atom. The molecule has 0 fully saturated rings. The van der Waals surface area contributed by atoms with Crippen LogP contribution in [-0.4, -0.2) is 17.8 Å². The van der Waals surface area contributed by atoms with Gasteiger partial charge in [-0.25, -0.2) is 13.0 Å². The quantitative estimate of drug-likeness (QED) is 0.265. The zero-order valence-electron chi connectivity index (χ0n) is 18.8. The van der Waals surface area contributed by atoms with Gasteiger partial charge in [-0.1, -0.05) is 57.3 Å². The molecule has 7 nitrogen and oxygen atoms in total. The van der Waals surface area contributed by atoms with Gasteiger partial charge in [0.15, 0.2) is 0 Å². The molecule has 0 aliphatic carbocycles. The number of halogens is 1. The molecule has 2 aromatic carbocycles. The molecule has 9 heteroatoms. The van der Waals surface area contributed by atoms with Gasteiger partial charge in [-0.15, -0.1) is 0 Å². The highest BCUT2D eigenvalue weighted by Gasteiger charge is 2.29. The van der Waals surface area contributed by atoms with Crippen LogP contribution >= 0.6 is 15.9 Å². The van der Waals surface area contributed by atoms with Gasteiger partial charge in [-0.05, 0) is 48.9 Å². The van der Waals surface area contributed by atoms with Crippen LogP contribution in [0.15, 0.2) is 98.1 Å². The first-order valence-electron chi connectivity index (χ1n) is 11.0. The topological polar surface area (TPSA) is 98.4 Å². The van der Waals surface area contributed by atoms with Crippen LogP contribution in [0.5, 0.6) is 0 Å². The van der Waals surface area contributed by atoms with Gasteiger partial charge in [0.25, 0.3) is 11.2 Å². The van der Waals surface area contributed by atoms with Gasteiger partial charge in [-0.3, -0.25) is 9.20 Å². The summed E-state index contributed by atoms with van der Waals surface area (Å²) in [4.78, 5) is 18.2. The summed E-state index contributed by atoms with van der Waals surface area (Å²) in [7, 11) is -4.00. The number of nitrogens with two attached hydrogens (primary N) is 1. The Kier molecular flexibility index (Phi) is 5.90. The highest BCUT2D eigenvalue weighted by Crippen LogP contribution is 2.27. The minimum Gasteiger partial charge on any atom is -0.317 e. The van der Waals surface area contributed by atoms with Crippen LogP contribution in [-0.2, 0) is 22.8 Å². The number of rotatable bonds is 5. The van der Waals surface area contributed by atoms with Crippen molar-refractivity contribution < 1.29 is 13.0 Å². The average Bonchev–Trinajstić information content (AvgIpc) is 2.85. The number of nitrogen functional groups attached to an aromatic ring is 1. The fraction of sp³-hybridized carbons (Fsp3) is 0.115. The minimum absolute atomic E-state index is 0.0428. The summed E-state index contributed by atoms with van der Waals surface area (Å²) in [5, 5.41) is 0.186. The van der Waals surface area contributed by atoms with Crippen molar-refractivity contribution in [1.82, 2.24) is 9.38 Å². The van der Waals surface area contributed by atoms with Gasteiger partial charge in [0.1, 0.15) is 10.3 Å². The molecule has 0 spiro atoms. The zero-order valence-corrected chi connectivity index (χ0v) is 21.3. The second-order valence-electron chi connectivity index (χ2n) is 8.28. The lowest BCUT2D eigenvalue weighted by molar-refractivity contribution is -0.659. The lowest BCUT2D eigenvalue weighted by Crippen LogP contribution is -2.42. The van der Waals surface area contributed by atoms with Crippen LogP contribution in [0.3, 0.4) is 0 Å². The molecule has 0 bridgehead atoms. The number of hydrogen-bond donors (Lipinski definition) is 1. The van der Waals surface area contributed by atoms with E-state index in [2.05, 4.69) is 15.9 Å². The molecular formula is C26H22BrN4O3S+. The summed E-state index contributed by atoms with van der Waals surface area (Å²) < 4.78 is 31.1. The van der Waals surface area contributed by atoms with E-state index in [0.717, 1.165) is 15.6 Å². The molecule has 0 atom stereocenters. The van der Waals surface area contributed by atoms with E-state index < -0.39 is 9.84 Å². The van der Waals surface area contributed by atoms with Crippen LogP contribution in [0.25, 0.3) is 16.7 Å². The fourth-order valence-corrected chi connectivity index (χ4v) is 5.82. The number of pyridine rings is 2. The molecule has 176 valence electrons. The first-order valence-corrected chi connectivity index (χ1v) is 13.2. The highest BCUT2D eigenvalue weighted by atomic mass is 79.9. The van der Waals surface area contributed by atoms with Crippen LogP contribution in [0.1, 0.15) is 11.1 Å². The van der Waals surface area contributed by atoms with E-state index in [1.165, 1.54) is 22.6 Å².